The Kier molecular flexibility index (Phi) is 4.64. The van der Waals surface area contributed by atoms with Gasteiger partial charge in [0.15, 0.2) is 5.82 Å². The Morgan fingerprint density at radius 3 is 2.65 bits per heavy atom. The van der Waals surface area contributed by atoms with E-state index >= 15 is 0 Å². The molecular weight excluding hydrogens is 286 g/mol. The van der Waals surface area contributed by atoms with Crippen molar-refractivity contribution in [3.8, 4) is 0 Å². The lowest BCUT2D eigenvalue weighted by atomic mass is 10.2. The lowest BCUT2D eigenvalue weighted by Gasteiger charge is -2.11. The van der Waals surface area contributed by atoms with E-state index in [4.69, 9.17) is 0 Å². The molecule has 1 heterocycles. The van der Waals surface area contributed by atoms with E-state index in [1.165, 1.54) is 10.5 Å². The number of quaternary nitrogens is 1. The smallest absolute Gasteiger partial charge is 0.258 e. The molecule has 3 aromatic rings. The number of hydrogen-bond acceptors (Lipinski definition) is 2. The molecule has 0 saturated heterocycles. The molecule has 4 heteroatoms. The molecular formula is C19H20N3O+. The molecule has 0 radical (unpaired) electrons. The van der Waals surface area contributed by atoms with E-state index in [2.05, 4.69) is 41.3 Å². The first-order valence-electron chi connectivity index (χ1n) is 7.73. The van der Waals surface area contributed by atoms with Gasteiger partial charge in [0.1, 0.15) is 6.54 Å². The molecule has 0 fully saturated rings. The molecule has 0 saturated carbocycles. The predicted octanol–water partition coefficient (Wildman–Crippen LogP) is 1.65. The lowest BCUT2D eigenvalue weighted by molar-refractivity contribution is -0.888. The van der Waals surface area contributed by atoms with Crippen molar-refractivity contribution in [2.24, 2.45) is 0 Å². The monoisotopic (exact) mass is 306 g/mol. The molecule has 1 unspecified atom stereocenters. The van der Waals surface area contributed by atoms with Crippen LogP contribution < -0.4 is 10.5 Å². The van der Waals surface area contributed by atoms with E-state index in [9.17, 15) is 4.79 Å². The van der Waals surface area contributed by atoms with Gasteiger partial charge in [-0.15, -0.1) is 0 Å². The van der Waals surface area contributed by atoms with Crippen molar-refractivity contribution < 1.29 is 4.90 Å². The largest absolute Gasteiger partial charge is 0.328 e. The molecule has 23 heavy (non-hydrogen) atoms. The summed E-state index contributed by atoms with van der Waals surface area (Å²) in [5, 5.41) is 0.637. The highest BCUT2D eigenvalue weighted by Gasteiger charge is 2.07. The van der Waals surface area contributed by atoms with Gasteiger partial charge >= 0.3 is 0 Å². The van der Waals surface area contributed by atoms with Crippen molar-refractivity contribution in [1.82, 2.24) is 9.97 Å². The molecule has 0 spiro atoms. The van der Waals surface area contributed by atoms with Gasteiger partial charge in [-0.2, -0.15) is 0 Å². The van der Waals surface area contributed by atoms with Gasteiger partial charge in [0, 0.05) is 0 Å². The van der Waals surface area contributed by atoms with Gasteiger partial charge in [-0.1, -0.05) is 48.5 Å². The zero-order valence-electron chi connectivity index (χ0n) is 13.1. The average Bonchev–Trinajstić information content (AvgIpc) is 2.56. The minimum absolute atomic E-state index is 0.0711. The van der Waals surface area contributed by atoms with Gasteiger partial charge in [0.2, 0.25) is 0 Å². The maximum atomic E-state index is 12.1. The Balaban J connectivity index is 1.67. The normalized spacial score (nSPS) is 12.7. The third-order valence-electron chi connectivity index (χ3n) is 3.71. The van der Waals surface area contributed by atoms with Gasteiger partial charge in [0.25, 0.3) is 5.56 Å². The Hall–Kier alpha value is -2.72. The third-order valence-corrected chi connectivity index (χ3v) is 3.71. The van der Waals surface area contributed by atoms with Crippen LogP contribution in [0.3, 0.4) is 0 Å². The van der Waals surface area contributed by atoms with Crippen LogP contribution in [-0.2, 0) is 6.54 Å². The summed E-state index contributed by atoms with van der Waals surface area (Å²) in [6, 6.07) is 17.6. The van der Waals surface area contributed by atoms with Crippen molar-refractivity contribution in [3.05, 3.63) is 82.4 Å². The highest BCUT2D eigenvalue weighted by atomic mass is 16.1. The molecule has 0 bridgehead atoms. The van der Waals surface area contributed by atoms with Crippen LogP contribution >= 0.6 is 0 Å². The Morgan fingerprint density at radius 2 is 1.83 bits per heavy atom. The summed E-state index contributed by atoms with van der Waals surface area (Å²) in [7, 11) is 2.09. The molecule has 0 aliphatic heterocycles. The van der Waals surface area contributed by atoms with E-state index in [1.54, 1.807) is 6.07 Å². The molecule has 4 nitrogen and oxygen atoms in total. The molecule has 0 aliphatic carbocycles. The number of nitrogens with zero attached hydrogens (tertiary/aromatic N) is 1. The van der Waals surface area contributed by atoms with Crippen molar-refractivity contribution in [2.45, 2.75) is 6.54 Å². The van der Waals surface area contributed by atoms with Crippen LogP contribution in [-0.4, -0.2) is 23.6 Å². The standard InChI is InChI=1S/C19H19N3O/c1-22(13-7-10-15-8-3-2-4-9-15)14-18-20-17-12-6-5-11-16(17)19(23)21-18/h2-12H,13-14H2,1H3,(H,20,21,23)/p+1/b10-7+. The molecule has 2 aromatic carbocycles. The fourth-order valence-electron chi connectivity index (χ4n) is 2.54. The second kappa shape index (κ2) is 7.03. The molecule has 3 rings (SSSR count). The first kappa shape index (κ1) is 15.2. The summed E-state index contributed by atoms with van der Waals surface area (Å²) >= 11 is 0. The van der Waals surface area contributed by atoms with Crippen LogP contribution in [0.25, 0.3) is 17.0 Å². The number of H-pyrrole nitrogens is 1. The molecule has 116 valence electrons. The number of aromatic amines is 1. The Morgan fingerprint density at radius 1 is 1.09 bits per heavy atom. The second-order valence-corrected chi connectivity index (χ2v) is 5.68. The first-order chi connectivity index (χ1) is 11.2. The minimum atomic E-state index is -0.0711. The van der Waals surface area contributed by atoms with Crippen LogP contribution in [0.15, 0.2) is 65.5 Å². The maximum absolute atomic E-state index is 12.1. The quantitative estimate of drug-likeness (QED) is 0.753. The summed E-state index contributed by atoms with van der Waals surface area (Å²) in [5.41, 5.74) is 1.87. The number of nitrogens with one attached hydrogen (secondary N) is 2. The molecule has 0 amide bonds. The molecule has 2 N–H and O–H groups in total. The van der Waals surface area contributed by atoms with E-state index in [-0.39, 0.29) is 5.56 Å². The zero-order chi connectivity index (χ0) is 16.1. The lowest BCUT2D eigenvalue weighted by Crippen LogP contribution is -3.07. The number of hydrogen-bond donors (Lipinski definition) is 2. The fraction of sp³-hybridized carbons (Fsp3) is 0.158. The van der Waals surface area contributed by atoms with Crippen molar-refractivity contribution in [2.75, 3.05) is 13.6 Å². The van der Waals surface area contributed by atoms with Crippen molar-refractivity contribution >= 4 is 17.0 Å². The van der Waals surface area contributed by atoms with Crippen molar-refractivity contribution in [1.29, 1.82) is 0 Å². The molecule has 1 atom stereocenters. The van der Waals surface area contributed by atoms with Crippen molar-refractivity contribution in [3.63, 3.8) is 0 Å². The third kappa shape index (κ3) is 3.93. The summed E-state index contributed by atoms with van der Waals surface area (Å²) in [6.45, 7) is 1.55. The highest BCUT2D eigenvalue weighted by Crippen LogP contribution is 2.05. The second-order valence-electron chi connectivity index (χ2n) is 5.68. The number of para-hydroxylation sites is 1. The number of fused-ring (bicyclic) bond motifs is 1. The fourth-order valence-corrected chi connectivity index (χ4v) is 2.54. The van der Waals surface area contributed by atoms with Crippen LogP contribution in [0, 0.1) is 0 Å². The van der Waals surface area contributed by atoms with E-state index in [0.717, 1.165) is 17.9 Å². The number of likely N-dealkylation sites (N-methyl/N-ethyl adjacent to an activating group) is 1. The van der Waals surface area contributed by atoms with Crippen LogP contribution in [0.1, 0.15) is 11.4 Å². The molecule has 1 aromatic heterocycles. The van der Waals surface area contributed by atoms with E-state index in [0.29, 0.717) is 11.9 Å². The molecule has 0 aliphatic rings. The summed E-state index contributed by atoms with van der Waals surface area (Å²) in [5.74, 6) is 0.722. The van der Waals surface area contributed by atoms with Crippen LogP contribution in [0.4, 0.5) is 0 Å². The maximum Gasteiger partial charge on any atom is 0.258 e. The Labute approximate surface area is 135 Å². The Bertz CT molecular complexity index is 868. The first-order valence-corrected chi connectivity index (χ1v) is 7.73. The number of benzene rings is 2. The highest BCUT2D eigenvalue weighted by molar-refractivity contribution is 5.77. The van der Waals surface area contributed by atoms with Gasteiger partial charge in [-0.05, 0) is 23.8 Å². The van der Waals surface area contributed by atoms with Gasteiger partial charge < -0.3 is 9.88 Å². The SMILES string of the molecule is C[NH+](C/C=C/c1ccccc1)Cc1nc2ccccc2c(=O)[nH]1. The number of rotatable bonds is 5. The predicted molar refractivity (Wildman–Crippen MR) is 93.3 cm³/mol. The van der Waals surface area contributed by atoms with Gasteiger partial charge in [-0.25, -0.2) is 4.98 Å². The minimum Gasteiger partial charge on any atom is -0.328 e. The average molecular weight is 306 g/mol. The van der Waals surface area contributed by atoms with Crippen LogP contribution in [0.5, 0.6) is 0 Å². The van der Waals surface area contributed by atoms with Gasteiger partial charge in [0.05, 0.1) is 24.5 Å². The summed E-state index contributed by atoms with van der Waals surface area (Å²) in [4.78, 5) is 20.7. The van der Waals surface area contributed by atoms with Crippen LogP contribution in [0.2, 0.25) is 0 Å². The van der Waals surface area contributed by atoms with E-state index < -0.39 is 0 Å². The van der Waals surface area contributed by atoms with E-state index in [1.807, 2.05) is 36.4 Å². The van der Waals surface area contributed by atoms with Gasteiger partial charge in [-0.3, -0.25) is 4.79 Å². The summed E-state index contributed by atoms with van der Waals surface area (Å²) < 4.78 is 0. The zero-order valence-corrected chi connectivity index (χ0v) is 13.1. The topological polar surface area (TPSA) is 50.2 Å². The number of aromatic nitrogens is 2. The summed E-state index contributed by atoms with van der Waals surface area (Å²) in [6.07, 6.45) is 4.25.